The maximum Gasteiger partial charge on any atom is 0.261 e. The number of allylic oxidation sites excluding steroid dienone is 2. The van der Waals surface area contributed by atoms with E-state index >= 15 is 0 Å². The van der Waals surface area contributed by atoms with Crippen LogP contribution in [-0.4, -0.2) is 15.5 Å². The second kappa shape index (κ2) is 8.19. The lowest BCUT2D eigenvalue weighted by atomic mass is 9.77. The smallest absolute Gasteiger partial charge is 0.261 e. The molecule has 2 N–H and O–H groups in total. The summed E-state index contributed by atoms with van der Waals surface area (Å²) < 4.78 is 34.0. The van der Waals surface area contributed by atoms with Gasteiger partial charge < -0.3 is 10.1 Å². The molecule has 3 atom stereocenters. The summed E-state index contributed by atoms with van der Waals surface area (Å²) in [6, 6.07) is 20.2. The fraction of sp³-hybridized carbons (Fsp3) is 0.200. The predicted octanol–water partition coefficient (Wildman–Crippen LogP) is 5.98. The maximum absolute atomic E-state index is 13.0. The van der Waals surface area contributed by atoms with E-state index in [2.05, 4.69) is 34.3 Å². The molecule has 0 saturated heterocycles. The summed E-state index contributed by atoms with van der Waals surface area (Å²) in [5, 5.41) is 4.12. The van der Waals surface area contributed by atoms with Crippen molar-refractivity contribution in [1.29, 1.82) is 0 Å². The molecule has 3 aromatic carbocycles. The summed E-state index contributed by atoms with van der Waals surface area (Å²) in [6.07, 6.45) is 5.32. The number of methoxy groups -OCH3 is 1. The van der Waals surface area contributed by atoms with Crippen molar-refractivity contribution in [2.45, 2.75) is 23.3 Å². The standard InChI is InChI=1S/C25H23ClN2O3S/c1-31-19-10-8-16(9-11-19)25-22-7-3-6-21(22)23-15-20(12-13-24(23)27-25)32(29,30)28-18-5-2-4-17(26)14-18/h2-6,8-15,21-22,25,27-28H,7H2,1H3/t21-,22+,25+/m0/s1. The lowest BCUT2D eigenvalue weighted by molar-refractivity contribution is 0.411. The van der Waals surface area contributed by atoms with Gasteiger partial charge in [-0.3, -0.25) is 4.72 Å². The topological polar surface area (TPSA) is 67.4 Å². The van der Waals surface area contributed by atoms with Crippen molar-refractivity contribution in [3.8, 4) is 5.75 Å². The van der Waals surface area contributed by atoms with Gasteiger partial charge in [-0.1, -0.05) is 42.0 Å². The van der Waals surface area contributed by atoms with Gasteiger partial charge in [-0.25, -0.2) is 8.42 Å². The van der Waals surface area contributed by atoms with Crippen molar-refractivity contribution in [3.63, 3.8) is 0 Å². The van der Waals surface area contributed by atoms with Gasteiger partial charge in [0.2, 0.25) is 0 Å². The van der Waals surface area contributed by atoms with Crippen molar-refractivity contribution in [1.82, 2.24) is 0 Å². The molecule has 3 aromatic rings. The summed E-state index contributed by atoms with van der Waals surface area (Å²) in [5.74, 6) is 1.29. The molecule has 0 fully saturated rings. The number of anilines is 2. The van der Waals surface area contributed by atoms with Gasteiger partial charge in [0, 0.05) is 16.6 Å². The molecule has 1 aliphatic heterocycles. The van der Waals surface area contributed by atoms with Crippen LogP contribution in [-0.2, 0) is 10.0 Å². The molecule has 1 aliphatic carbocycles. The van der Waals surface area contributed by atoms with Crippen molar-refractivity contribution < 1.29 is 13.2 Å². The second-order valence-corrected chi connectivity index (χ2v) is 10.2. The van der Waals surface area contributed by atoms with E-state index in [1.54, 1.807) is 43.5 Å². The zero-order valence-corrected chi connectivity index (χ0v) is 19.0. The first kappa shape index (κ1) is 20.9. The van der Waals surface area contributed by atoms with Crippen LogP contribution in [0.25, 0.3) is 0 Å². The minimum absolute atomic E-state index is 0.139. The number of hydrogen-bond acceptors (Lipinski definition) is 4. The number of rotatable bonds is 5. The quantitative estimate of drug-likeness (QED) is 0.454. The Kier molecular flexibility index (Phi) is 5.35. The number of benzene rings is 3. The first-order valence-electron chi connectivity index (χ1n) is 10.4. The van der Waals surface area contributed by atoms with Crippen LogP contribution in [0.5, 0.6) is 5.75 Å². The molecule has 5 nitrogen and oxygen atoms in total. The predicted molar refractivity (Wildman–Crippen MR) is 128 cm³/mol. The van der Waals surface area contributed by atoms with Crippen LogP contribution in [0.3, 0.4) is 0 Å². The fourth-order valence-electron chi connectivity index (χ4n) is 4.65. The van der Waals surface area contributed by atoms with E-state index in [9.17, 15) is 8.42 Å². The molecule has 0 bridgehead atoms. The largest absolute Gasteiger partial charge is 0.497 e. The van der Waals surface area contributed by atoms with E-state index in [4.69, 9.17) is 16.3 Å². The lowest BCUT2D eigenvalue weighted by Gasteiger charge is -2.37. The van der Waals surface area contributed by atoms with Gasteiger partial charge in [-0.05, 0) is 72.0 Å². The summed E-state index contributed by atoms with van der Waals surface area (Å²) in [7, 11) is -2.08. The first-order chi connectivity index (χ1) is 15.4. The Morgan fingerprint density at radius 3 is 2.62 bits per heavy atom. The van der Waals surface area contributed by atoms with E-state index in [-0.39, 0.29) is 16.9 Å². The molecule has 32 heavy (non-hydrogen) atoms. The number of hydrogen-bond donors (Lipinski definition) is 2. The van der Waals surface area contributed by atoms with Gasteiger partial charge in [-0.2, -0.15) is 0 Å². The van der Waals surface area contributed by atoms with E-state index in [0.717, 1.165) is 23.4 Å². The van der Waals surface area contributed by atoms with Crippen molar-refractivity contribution >= 4 is 33.0 Å². The van der Waals surface area contributed by atoms with Gasteiger partial charge in [-0.15, -0.1) is 0 Å². The third kappa shape index (κ3) is 3.85. The van der Waals surface area contributed by atoms with Crippen molar-refractivity contribution in [2.24, 2.45) is 5.92 Å². The molecular weight excluding hydrogens is 444 g/mol. The molecule has 7 heteroatoms. The molecule has 0 saturated carbocycles. The molecule has 5 rings (SSSR count). The normalized spacial score (nSPS) is 21.4. The van der Waals surface area contributed by atoms with Gasteiger partial charge >= 0.3 is 0 Å². The van der Waals surface area contributed by atoms with Gasteiger partial charge in [0.15, 0.2) is 0 Å². The maximum atomic E-state index is 13.0. The molecule has 0 aromatic heterocycles. The average molecular weight is 467 g/mol. The Labute approximate surface area is 193 Å². The minimum atomic E-state index is -3.74. The number of fused-ring (bicyclic) bond motifs is 3. The highest BCUT2D eigenvalue weighted by molar-refractivity contribution is 7.92. The highest BCUT2D eigenvalue weighted by Gasteiger charge is 2.38. The third-order valence-corrected chi connectivity index (χ3v) is 7.81. The van der Waals surface area contributed by atoms with E-state index in [0.29, 0.717) is 16.6 Å². The average Bonchev–Trinajstić information content (AvgIpc) is 3.28. The zero-order chi connectivity index (χ0) is 22.3. The van der Waals surface area contributed by atoms with Gasteiger partial charge in [0.05, 0.1) is 23.7 Å². The summed E-state index contributed by atoms with van der Waals surface area (Å²) in [4.78, 5) is 0.236. The Morgan fingerprint density at radius 1 is 1.06 bits per heavy atom. The zero-order valence-electron chi connectivity index (χ0n) is 17.5. The Balaban J connectivity index is 1.47. The fourth-order valence-corrected chi connectivity index (χ4v) is 5.92. The van der Waals surface area contributed by atoms with Crippen LogP contribution in [0.1, 0.15) is 29.5 Å². The molecule has 0 spiro atoms. The number of halogens is 1. The molecular formula is C25H23ClN2O3S. The molecule has 164 valence electrons. The lowest BCUT2D eigenvalue weighted by Crippen LogP contribution is -2.29. The van der Waals surface area contributed by atoms with Crippen LogP contribution in [0.4, 0.5) is 11.4 Å². The third-order valence-electron chi connectivity index (χ3n) is 6.20. The molecule has 0 radical (unpaired) electrons. The van der Waals surface area contributed by atoms with Crippen LogP contribution >= 0.6 is 11.6 Å². The molecule has 0 amide bonds. The Morgan fingerprint density at radius 2 is 1.88 bits per heavy atom. The monoisotopic (exact) mass is 466 g/mol. The summed E-state index contributed by atoms with van der Waals surface area (Å²) >= 11 is 6.00. The van der Waals surface area contributed by atoms with E-state index in [1.165, 1.54) is 5.56 Å². The summed E-state index contributed by atoms with van der Waals surface area (Å²) in [5.41, 5.74) is 3.59. The SMILES string of the molecule is COc1ccc([C@H]2Nc3ccc(S(=O)(=O)Nc4cccc(Cl)c4)cc3[C@H]3C=CC[C@H]32)cc1. The highest BCUT2D eigenvalue weighted by Crippen LogP contribution is 2.50. The van der Waals surface area contributed by atoms with Gasteiger partial charge in [0.1, 0.15) is 5.75 Å². The Bertz CT molecular complexity index is 1290. The molecule has 1 heterocycles. The Hall–Kier alpha value is -2.96. The van der Waals surface area contributed by atoms with E-state index in [1.807, 2.05) is 18.2 Å². The molecule has 0 unspecified atom stereocenters. The van der Waals surface area contributed by atoms with Crippen molar-refractivity contribution in [3.05, 3.63) is 95.0 Å². The van der Waals surface area contributed by atoms with E-state index < -0.39 is 10.0 Å². The van der Waals surface area contributed by atoms with Crippen LogP contribution in [0.15, 0.2) is 83.8 Å². The number of nitrogens with one attached hydrogen (secondary N) is 2. The van der Waals surface area contributed by atoms with Crippen LogP contribution in [0.2, 0.25) is 5.02 Å². The highest BCUT2D eigenvalue weighted by atomic mass is 35.5. The minimum Gasteiger partial charge on any atom is -0.497 e. The number of sulfonamides is 1. The van der Waals surface area contributed by atoms with Crippen molar-refractivity contribution in [2.75, 3.05) is 17.1 Å². The second-order valence-electron chi connectivity index (χ2n) is 8.11. The molecule has 2 aliphatic rings. The number of ether oxygens (including phenoxy) is 1. The van der Waals surface area contributed by atoms with Crippen LogP contribution < -0.4 is 14.8 Å². The summed E-state index contributed by atoms with van der Waals surface area (Å²) in [6.45, 7) is 0. The van der Waals surface area contributed by atoms with Crippen LogP contribution in [0, 0.1) is 5.92 Å². The van der Waals surface area contributed by atoms with Gasteiger partial charge in [0.25, 0.3) is 10.0 Å². The first-order valence-corrected chi connectivity index (χ1v) is 12.3.